The van der Waals surface area contributed by atoms with E-state index >= 15 is 0 Å². The Bertz CT molecular complexity index is 993. The summed E-state index contributed by atoms with van der Waals surface area (Å²) in [6, 6.07) is 20.4. The predicted molar refractivity (Wildman–Crippen MR) is 115 cm³/mol. The summed E-state index contributed by atoms with van der Waals surface area (Å²) >= 11 is 0. The van der Waals surface area contributed by atoms with Gasteiger partial charge in [-0.15, -0.1) is 0 Å². The lowest BCUT2D eigenvalue weighted by Crippen LogP contribution is -2.45. The largest absolute Gasteiger partial charge is 0.487 e. The third kappa shape index (κ3) is 4.42. The zero-order valence-corrected chi connectivity index (χ0v) is 17.1. The summed E-state index contributed by atoms with van der Waals surface area (Å²) < 4.78 is 8.01. The van der Waals surface area contributed by atoms with E-state index in [1.807, 2.05) is 65.5 Å². The van der Waals surface area contributed by atoms with Crippen LogP contribution in [0.2, 0.25) is 0 Å². The molecule has 1 aromatic heterocycles. The number of nitrogens with one attached hydrogen (secondary N) is 2. The Balaban J connectivity index is 1.43. The van der Waals surface area contributed by atoms with Gasteiger partial charge in [0.1, 0.15) is 11.4 Å². The molecule has 0 radical (unpaired) electrons. The quantitative estimate of drug-likeness (QED) is 0.526. The summed E-state index contributed by atoms with van der Waals surface area (Å²) in [5.41, 5.74) is 2.91. The first kappa shape index (κ1) is 19.1. The molecular weight excluding hydrogens is 362 g/mol. The number of hydrogen-bond acceptors (Lipinski definition) is 3. The summed E-state index contributed by atoms with van der Waals surface area (Å²) in [6.07, 6.45) is 2.83. The Labute approximate surface area is 171 Å². The maximum Gasteiger partial charge on any atom is 0.191 e. The molecule has 3 aromatic rings. The molecule has 2 N–H and O–H groups in total. The fourth-order valence-electron chi connectivity index (χ4n) is 3.65. The van der Waals surface area contributed by atoms with Crippen molar-refractivity contribution in [2.24, 2.45) is 4.99 Å². The Morgan fingerprint density at radius 3 is 2.69 bits per heavy atom. The molecule has 0 amide bonds. The zero-order chi connectivity index (χ0) is 20.3. The average molecular weight is 390 g/mol. The van der Waals surface area contributed by atoms with E-state index in [9.17, 15) is 0 Å². The van der Waals surface area contributed by atoms with Gasteiger partial charge in [0.25, 0.3) is 0 Å². The first-order chi connectivity index (χ1) is 14.0. The van der Waals surface area contributed by atoms with Crippen molar-refractivity contribution in [3.05, 3.63) is 78.1 Å². The average Bonchev–Trinajstić information content (AvgIpc) is 3.20. The van der Waals surface area contributed by atoms with Crippen LogP contribution in [0, 0.1) is 0 Å². The van der Waals surface area contributed by atoms with Gasteiger partial charge in [0.05, 0.1) is 24.0 Å². The topological polar surface area (TPSA) is 63.5 Å². The fourth-order valence-corrected chi connectivity index (χ4v) is 3.65. The van der Waals surface area contributed by atoms with Gasteiger partial charge in [0, 0.05) is 25.2 Å². The van der Waals surface area contributed by atoms with Gasteiger partial charge >= 0.3 is 0 Å². The Morgan fingerprint density at radius 2 is 1.90 bits per heavy atom. The van der Waals surface area contributed by atoms with Crippen LogP contribution in [0.15, 0.2) is 71.9 Å². The number of aliphatic imine (C=N–C) groups is 1. The van der Waals surface area contributed by atoms with Crippen molar-refractivity contribution in [1.82, 2.24) is 20.4 Å². The van der Waals surface area contributed by atoms with Gasteiger partial charge in [-0.25, -0.2) is 4.68 Å². The Hall–Kier alpha value is -3.28. The van der Waals surface area contributed by atoms with E-state index in [1.165, 1.54) is 0 Å². The molecule has 150 valence electrons. The second kappa shape index (κ2) is 7.99. The number of guanidine groups is 1. The van der Waals surface area contributed by atoms with Gasteiger partial charge in [0.2, 0.25) is 0 Å². The molecule has 6 nitrogen and oxygen atoms in total. The second-order valence-electron chi connectivity index (χ2n) is 7.81. The van der Waals surface area contributed by atoms with Gasteiger partial charge in [-0.1, -0.05) is 36.4 Å². The summed E-state index contributed by atoms with van der Waals surface area (Å²) in [5, 5.41) is 11.6. The third-order valence-corrected chi connectivity index (χ3v) is 5.01. The number of para-hydroxylation sites is 2. The van der Waals surface area contributed by atoms with Crippen molar-refractivity contribution in [1.29, 1.82) is 0 Å². The van der Waals surface area contributed by atoms with Crippen LogP contribution in [0.3, 0.4) is 0 Å². The van der Waals surface area contributed by atoms with Crippen molar-refractivity contribution in [2.75, 3.05) is 7.05 Å². The normalized spacial score (nSPS) is 17.9. The minimum Gasteiger partial charge on any atom is -0.487 e. The number of rotatable bonds is 4. The van der Waals surface area contributed by atoms with Crippen molar-refractivity contribution >= 4 is 5.96 Å². The second-order valence-corrected chi connectivity index (χ2v) is 7.81. The van der Waals surface area contributed by atoms with Gasteiger partial charge in [-0.2, -0.15) is 5.10 Å². The van der Waals surface area contributed by atoms with E-state index in [-0.39, 0.29) is 11.6 Å². The smallest absolute Gasteiger partial charge is 0.191 e. The molecule has 0 saturated carbocycles. The van der Waals surface area contributed by atoms with Crippen LogP contribution in [-0.2, 0) is 6.54 Å². The minimum atomic E-state index is -0.237. The number of ether oxygens (including phenoxy) is 1. The van der Waals surface area contributed by atoms with Crippen LogP contribution in [0.4, 0.5) is 0 Å². The molecule has 0 bridgehead atoms. The number of aromatic nitrogens is 2. The van der Waals surface area contributed by atoms with Crippen molar-refractivity contribution in [3.8, 4) is 11.4 Å². The molecule has 1 unspecified atom stereocenters. The van der Waals surface area contributed by atoms with Gasteiger partial charge < -0.3 is 15.4 Å². The van der Waals surface area contributed by atoms with Crippen molar-refractivity contribution in [2.45, 2.75) is 38.5 Å². The maximum absolute atomic E-state index is 6.13. The van der Waals surface area contributed by atoms with E-state index in [0.29, 0.717) is 6.54 Å². The maximum atomic E-state index is 6.13. The molecule has 4 rings (SSSR count). The molecule has 0 spiro atoms. The lowest BCUT2D eigenvalue weighted by molar-refractivity contribution is 0.0694. The SMILES string of the molecule is CN=C(NCc1ccn(-c2ccccc2)n1)NC1CC(C)(C)Oc2ccccc21. The molecule has 0 fully saturated rings. The van der Waals surface area contributed by atoms with E-state index in [2.05, 4.69) is 40.6 Å². The number of nitrogens with zero attached hydrogens (tertiary/aromatic N) is 3. The number of hydrogen-bond donors (Lipinski definition) is 2. The zero-order valence-electron chi connectivity index (χ0n) is 17.1. The molecule has 2 aromatic carbocycles. The van der Waals surface area contributed by atoms with Crippen LogP contribution in [0.5, 0.6) is 5.75 Å². The summed E-state index contributed by atoms with van der Waals surface area (Å²) in [7, 11) is 1.79. The highest BCUT2D eigenvalue weighted by Crippen LogP contribution is 2.39. The van der Waals surface area contributed by atoms with Gasteiger partial charge in [-0.05, 0) is 38.1 Å². The monoisotopic (exact) mass is 389 g/mol. The van der Waals surface area contributed by atoms with Crippen LogP contribution in [0.1, 0.15) is 37.6 Å². The van der Waals surface area contributed by atoms with Crippen molar-refractivity contribution in [3.63, 3.8) is 0 Å². The van der Waals surface area contributed by atoms with Crippen LogP contribution in [0.25, 0.3) is 5.69 Å². The molecule has 29 heavy (non-hydrogen) atoms. The van der Waals surface area contributed by atoms with E-state index in [1.54, 1.807) is 7.05 Å². The highest BCUT2D eigenvalue weighted by molar-refractivity contribution is 5.80. The third-order valence-electron chi connectivity index (χ3n) is 5.01. The fraction of sp³-hybridized carbons (Fsp3) is 0.304. The highest BCUT2D eigenvalue weighted by Gasteiger charge is 2.33. The molecule has 1 atom stereocenters. The molecule has 2 heterocycles. The molecule has 1 aliphatic rings. The predicted octanol–water partition coefficient (Wildman–Crippen LogP) is 3.84. The first-order valence-electron chi connectivity index (χ1n) is 9.89. The number of benzene rings is 2. The molecular formula is C23H27N5O. The highest BCUT2D eigenvalue weighted by atomic mass is 16.5. The Morgan fingerprint density at radius 1 is 1.14 bits per heavy atom. The molecule has 1 aliphatic heterocycles. The Kier molecular flexibility index (Phi) is 5.25. The van der Waals surface area contributed by atoms with Crippen LogP contribution in [-0.4, -0.2) is 28.4 Å². The van der Waals surface area contributed by atoms with E-state index < -0.39 is 0 Å². The van der Waals surface area contributed by atoms with Crippen molar-refractivity contribution < 1.29 is 4.74 Å². The van der Waals surface area contributed by atoms with Gasteiger partial charge in [-0.3, -0.25) is 4.99 Å². The summed E-state index contributed by atoms with van der Waals surface area (Å²) in [5.74, 6) is 1.68. The molecule has 0 aliphatic carbocycles. The lowest BCUT2D eigenvalue weighted by Gasteiger charge is -2.38. The summed E-state index contributed by atoms with van der Waals surface area (Å²) in [4.78, 5) is 4.40. The minimum absolute atomic E-state index is 0.128. The van der Waals surface area contributed by atoms with Gasteiger partial charge in [0.15, 0.2) is 5.96 Å². The summed E-state index contributed by atoms with van der Waals surface area (Å²) in [6.45, 7) is 4.82. The van der Waals surface area contributed by atoms with Crippen LogP contribution < -0.4 is 15.4 Å². The standard InChI is InChI=1S/C23H27N5O/c1-23(2)15-20(19-11-7-8-12-21(19)29-23)26-22(24-3)25-16-17-13-14-28(27-17)18-9-5-4-6-10-18/h4-14,20H,15-16H2,1-3H3,(H2,24,25,26). The van der Waals surface area contributed by atoms with E-state index in [4.69, 9.17) is 4.74 Å². The van der Waals surface area contributed by atoms with E-state index in [0.717, 1.165) is 35.1 Å². The molecule has 0 saturated heterocycles. The molecule has 6 heteroatoms. The lowest BCUT2D eigenvalue weighted by atomic mass is 9.90. The first-order valence-corrected chi connectivity index (χ1v) is 9.89. The number of fused-ring (bicyclic) bond motifs is 1. The van der Waals surface area contributed by atoms with Crippen LogP contribution >= 0.6 is 0 Å².